The predicted octanol–water partition coefficient (Wildman–Crippen LogP) is 4.91. The Morgan fingerprint density at radius 2 is 1.91 bits per heavy atom. The first kappa shape index (κ1) is 14.1. The normalized spacial score (nSPS) is 21.2. The van der Waals surface area contributed by atoms with Crippen LogP contribution in [-0.4, -0.2) is 16.9 Å². The molecule has 1 atom stereocenters. The molecule has 0 amide bonds. The van der Waals surface area contributed by atoms with Crippen molar-refractivity contribution in [2.75, 3.05) is 7.05 Å². The van der Waals surface area contributed by atoms with E-state index in [9.17, 15) is 0 Å². The second-order valence-electron chi connectivity index (χ2n) is 6.56. The Bertz CT molecular complexity index is 980. The predicted molar refractivity (Wildman–Crippen MR) is 94.3 cm³/mol. The van der Waals surface area contributed by atoms with Gasteiger partial charge >= 0.3 is 0 Å². The Balaban J connectivity index is 2.02. The van der Waals surface area contributed by atoms with E-state index in [4.69, 9.17) is 9.40 Å². The van der Waals surface area contributed by atoms with Crippen molar-refractivity contribution in [1.82, 2.24) is 9.88 Å². The van der Waals surface area contributed by atoms with Gasteiger partial charge < -0.3 is 9.32 Å². The number of pyridine rings is 1. The van der Waals surface area contributed by atoms with E-state index >= 15 is 0 Å². The second-order valence-corrected chi connectivity index (χ2v) is 6.56. The standard InChI is InChI=1S/C20H20N2O/c1-13-9-10-22(4)20(3,12-13)19-14(2)11-17-18(21-19)15-7-5-6-8-16(15)23-17/h5-12H,1-4H3. The summed E-state index contributed by atoms with van der Waals surface area (Å²) < 4.78 is 5.95. The van der Waals surface area contributed by atoms with Crippen LogP contribution in [0.15, 0.2) is 58.7 Å². The summed E-state index contributed by atoms with van der Waals surface area (Å²) in [6, 6.07) is 10.2. The van der Waals surface area contributed by atoms with Gasteiger partial charge in [0.25, 0.3) is 0 Å². The average molecular weight is 304 g/mol. The highest BCUT2D eigenvalue weighted by Crippen LogP contribution is 2.37. The molecule has 3 heterocycles. The number of nitrogens with zero attached hydrogens (tertiary/aromatic N) is 2. The number of hydrogen-bond donors (Lipinski definition) is 0. The first-order chi connectivity index (χ1) is 11.0. The van der Waals surface area contributed by atoms with Crippen molar-refractivity contribution in [2.45, 2.75) is 26.3 Å². The Morgan fingerprint density at radius 1 is 1.13 bits per heavy atom. The lowest BCUT2D eigenvalue weighted by atomic mass is 9.88. The topological polar surface area (TPSA) is 29.3 Å². The smallest absolute Gasteiger partial charge is 0.154 e. The van der Waals surface area contributed by atoms with Crippen molar-refractivity contribution in [2.24, 2.45) is 0 Å². The molecule has 0 saturated heterocycles. The molecule has 1 aromatic carbocycles. The van der Waals surface area contributed by atoms with Gasteiger partial charge in [-0.2, -0.15) is 0 Å². The maximum atomic E-state index is 5.95. The summed E-state index contributed by atoms with van der Waals surface area (Å²) in [7, 11) is 2.10. The molecule has 1 unspecified atom stereocenters. The van der Waals surface area contributed by atoms with Crippen LogP contribution in [0, 0.1) is 6.92 Å². The van der Waals surface area contributed by atoms with Crippen molar-refractivity contribution in [3.05, 3.63) is 65.5 Å². The Kier molecular flexibility index (Phi) is 2.89. The number of aryl methyl sites for hydroxylation is 1. The summed E-state index contributed by atoms with van der Waals surface area (Å²) in [6.07, 6.45) is 6.52. The molecule has 0 fully saturated rings. The number of rotatable bonds is 1. The minimum absolute atomic E-state index is 0.254. The molecule has 0 bridgehead atoms. The Labute approximate surface area is 135 Å². The van der Waals surface area contributed by atoms with Crippen molar-refractivity contribution < 1.29 is 4.42 Å². The molecule has 116 valence electrons. The average Bonchev–Trinajstić information content (AvgIpc) is 2.87. The minimum atomic E-state index is -0.254. The van der Waals surface area contributed by atoms with Gasteiger partial charge in [-0.25, -0.2) is 4.98 Å². The lowest BCUT2D eigenvalue weighted by Crippen LogP contribution is -2.39. The van der Waals surface area contributed by atoms with Gasteiger partial charge in [0.1, 0.15) is 11.1 Å². The fraction of sp³-hybridized carbons (Fsp3) is 0.250. The molecule has 3 nitrogen and oxygen atoms in total. The van der Waals surface area contributed by atoms with Gasteiger partial charge in [0.05, 0.1) is 11.2 Å². The highest BCUT2D eigenvalue weighted by Gasteiger charge is 2.33. The number of furan rings is 1. The molecule has 0 N–H and O–H groups in total. The molecule has 3 heteroatoms. The summed E-state index contributed by atoms with van der Waals surface area (Å²) in [5.74, 6) is 0. The van der Waals surface area contributed by atoms with Crippen molar-refractivity contribution in [3.8, 4) is 0 Å². The molecule has 23 heavy (non-hydrogen) atoms. The highest BCUT2D eigenvalue weighted by molar-refractivity contribution is 6.02. The minimum Gasteiger partial charge on any atom is -0.454 e. The summed E-state index contributed by atoms with van der Waals surface area (Å²) >= 11 is 0. The van der Waals surface area contributed by atoms with Crippen LogP contribution in [0.5, 0.6) is 0 Å². The van der Waals surface area contributed by atoms with E-state index in [-0.39, 0.29) is 5.54 Å². The van der Waals surface area contributed by atoms with E-state index in [1.54, 1.807) is 0 Å². The van der Waals surface area contributed by atoms with Crippen LogP contribution in [-0.2, 0) is 5.54 Å². The molecular weight excluding hydrogens is 284 g/mol. The lowest BCUT2D eigenvalue weighted by Gasteiger charge is -2.39. The van der Waals surface area contributed by atoms with Crippen LogP contribution in [0.25, 0.3) is 22.1 Å². The molecule has 0 aliphatic carbocycles. The van der Waals surface area contributed by atoms with E-state index < -0.39 is 0 Å². The van der Waals surface area contributed by atoms with Gasteiger partial charge in [-0.15, -0.1) is 0 Å². The third kappa shape index (κ3) is 2.00. The van der Waals surface area contributed by atoms with Crippen LogP contribution in [0.3, 0.4) is 0 Å². The second kappa shape index (κ2) is 4.72. The summed E-state index contributed by atoms with van der Waals surface area (Å²) in [5, 5.41) is 1.07. The highest BCUT2D eigenvalue weighted by atomic mass is 16.3. The van der Waals surface area contributed by atoms with Gasteiger partial charge in [-0.3, -0.25) is 0 Å². The Hall–Kier alpha value is -2.55. The van der Waals surface area contributed by atoms with Crippen molar-refractivity contribution in [3.63, 3.8) is 0 Å². The van der Waals surface area contributed by atoms with Crippen molar-refractivity contribution in [1.29, 1.82) is 0 Å². The Morgan fingerprint density at radius 3 is 2.74 bits per heavy atom. The maximum Gasteiger partial charge on any atom is 0.154 e. The zero-order chi connectivity index (χ0) is 16.2. The number of fused-ring (bicyclic) bond motifs is 3. The molecule has 3 aromatic rings. The van der Waals surface area contributed by atoms with Crippen LogP contribution in [0.2, 0.25) is 0 Å². The van der Waals surface area contributed by atoms with Crippen LogP contribution >= 0.6 is 0 Å². The first-order valence-corrected chi connectivity index (χ1v) is 7.89. The van der Waals surface area contributed by atoms with E-state index in [2.05, 4.69) is 63.2 Å². The molecule has 1 aliphatic rings. The van der Waals surface area contributed by atoms with E-state index in [0.29, 0.717) is 0 Å². The van der Waals surface area contributed by atoms with Crippen LogP contribution in [0.1, 0.15) is 25.1 Å². The fourth-order valence-electron chi connectivity index (χ4n) is 3.45. The third-order valence-electron chi connectivity index (χ3n) is 4.82. The quantitative estimate of drug-likeness (QED) is 0.639. The van der Waals surface area contributed by atoms with E-state index in [1.165, 1.54) is 5.57 Å². The van der Waals surface area contributed by atoms with Crippen LogP contribution in [0.4, 0.5) is 0 Å². The largest absolute Gasteiger partial charge is 0.454 e. The first-order valence-electron chi connectivity index (χ1n) is 7.89. The number of allylic oxidation sites excluding steroid dienone is 2. The molecule has 0 radical (unpaired) electrons. The summed E-state index contributed by atoms with van der Waals surface area (Å²) in [5.41, 5.74) is 5.90. The number of benzene rings is 1. The zero-order valence-corrected chi connectivity index (χ0v) is 13.9. The van der Waals surface area contributed by atoms with E-state index in [1.807, 2.05) is 18.2 Å². The van der Waals surface area contributed by atoms with Gasteiger partial charge in [0.15, 0.2) is 5.58 Å². The maximum absolute atomic E-state index is 5.95. The molecule has 0 spiro atoms. The number of para-hydroxylation sites is 1. The number of aromatic nitrogens is 1. The lowest BCUT2D eigenvalue weighted by molar-refractivity contribution is 0.252. The number of likely N-dealkylation sites (N-methyl/N-ethyl adjacent to an activating group) is 1. The monoisotopic (exact) mass is 304 g/mol. The molecule has 0 saturated carbocycles. The van der Waals surface area contributed by atoms with Gasteiger partial charge in [-0.05, 0) is 50.6 Å². The zero-order valence-electron chi connectivity index (χ0n) is 13.9. The SMILES string of the molecule is CC1=CC(C)(c2nc3c(cc2C)oc2ccccc23)N(C)C=C1. The molecule has 1 aliphatic heterocycles. The van der Waals surface area contributed by atoms with Crippen molar-refractivity contribution >= 4 is 22.1 Å². The molecule has 4 rings (SSSR count). The molecule has 2 aromatic heterocycles. The number of hydrogen-bond acceptors (Lipinski definition) is 3. The fourth-order valence-corrected chi connectivity index (χ4v) is 3.45. The van der Waals surface area contributed by atoms with Gasteiger partial charge in [-0.1, -0.05) is 23.8 Å². The van der Waals surface area contributed by atoms with E-state index in [0.717, 1.165) is 33.3 Å². The van der Waals surface area contributed by atoms with Crippen LogP contribution < -0.4 is 0 Å². The van der Waals surface area contributed by atoms with Gasteiger partial charge in [0.2, 0.25) is 0 Å². The van der Waals surface area contributed by atoms with Gasteiger partial charge in [0, 0.05) is 18.6 Å². The molecular formula is C20H20N2O. The third-order valence-corrected chi connectivity index (χ3v) is 4.82. The summed E-state index contributed by atoms with van der Waals surface area (Å²) in [6.45, 7) is 6.45. The summed E-state index contributed by atoms with van der Waals surface area (Å²) in [4.78, 5) is 7.24.